The van der Waals surface area contributed by atoms with Crippen molar-refractivity contribution in [2.45, 2.75) is 31.3 Å². The highest BCUT2D eigenvalue weighted by molar-refractivity contribution is 7.89. The third-order valence-electron chi connectivity index (χ3n) is 3.00. The molecule has 0 aromatic heterocycles. The predicted molar refractivity (Wildman–Crippen MR) is 85.3 cm³/mol. The molecule has 0 atom stereocenters. The Bertz CT molecular complexity index is 591. The van der Waals surface area contributed by atoms with Crippen LogP contribution in [0.1, 0.15) is 19.4 Å². The van der Waals surface area contributed by atoms with Gasteiger partial charge >= 0.3 is 0 Å². The second-order valence-corrected chi connectivity index (χ2v) is 7.45. The minimum absolute atomic E-state index is 0.0128. The average molecular weight is 355 g/mol. The van der Waals surface area contributed by atoms with E-state index in [0.717, 1.165) is 0 Å². The van der Waals surface area contributed by atoms with Crippen LogP contribution in [-0.2, 0) is 21.3 Å². The van der Waals surface area contributed by atoms with Crippen LogP contribution in [0.3, 0.4) is 0 Å². The van der Waals surface area contributed by atoms with Crippen molar-refractivity contribution in [1.82, 2.24) is 4.31 Å². The van der Waals surface area contributed by atoms with Gasteiger partial charge < -0.3 is 10.5 Å². The van der Waals surface area contributed by atoms with Crippen LogP contribution >= 0.6 is 23.2 Å². The van der Waals surface area contributed by atoms with Crippen molar-refractivity contribution < 1.29 is 13.2 Å². The summed E-state index contributed by atoms with van der Waals surface area (Å²) in [6.45, 7) is 4.26. The lowest BCUT2D eigenvalue weighted by atomic mass is 10.2. The van der Waals surface area contributed by atoms with Gasteiger partial charge in [0.2, 0.25) is 10.0 Å². The number of hydrogen-bond donors (Lipinski definition) is 1. The highest BCUT2D eigenvalue weighted by Gasteiger charge is 2.29. The molecule has 0 fully saturated rings. The van der Waals surface area contributed by atoms with E-state index in [0.29, 0.717) is 17.2 Å². The topological polar surface area (TPSA) is 72.6 Å². The summed E-state index contributed by atoms with van der Waals surface area (Å²) in [5, 5.41) is 0.440. The zero-order chi connectivity index (χ0) is 16.2. The molecule has 1 aromatic rings. The molecule has 0 amide bonds. The molecule has 0 aliphatic carbocycles. The van der Waals surface area contributed by atoms with E-state index >= 15 is 0 Å². The number of halogens is 2. The first-order chi connectivity index (χ1) is 9.75. The molecule has 120 valence electrons. The summed E-state index contributed by atoms with van der Waals surface area (Å²) in [5.41, 5.74) is 6.11. The Labute approximate surface area is 136 Å². The quantitative estimate of drug-likeness (QED) is 0.816. The Morgan fingerprint density at radius 3 is 2.38 bits per heavy atom. The molecule has 0 saturated heterocycles. The largest absolute Gasteiger partial charge is 0.383 e. The van der Waals surface area contributed by atoms with Gasteiger partial charge in [-0.25, -0.2) is 8.42 Å². The van der Waals surface area contributed by atoms with E-state index < -0.39 is 10.0 Å². The highest BCUT2D eigenvalue weighted by atomic mass is 35.5. The fourth-order valence-corrected chi connectivity index (χ4v) is 4.36. The van der Waals surface area contributed by atoms with Gasteiger partial charge in [-0.1, -0.05) is 23.2 Å². The molecule has 0 spiro atoms. The van der Waals surface area contributed by atoms with Gasteiger partial charge in [-0.2, -0.15) is 4.31 Å². The fourth-order valence-electron chi connectivity index (χ4n) is 1.89. The smallest absolute Gasteiger partial charge is 0.244 e. The Morgan fingerprint density at radius 1 is 1.29 bits per heavy atom. The zero-order valence-corrected chi connectivity index (χ0v) is 14.6. The number of rotatable bonds is 7. The molecule has 0 heterocycles. The van der Waals surface area contributed by atoms with Crippen molar-refractivity contribution in [3.05, 3.63) is 27.7 Å². The molecule has 0 unspecified atom stereocenters. The summed E-state index contributed by atoms with van der Waals surface area (Å²) in [4.78, 5) is 0.0128. The van der Waals surface area contributed by atoms with Crippen molar-refractivity contribution in [1.29, 1.82) is 0 Å². The maximum Gasteiger partial charge on any atom is 0.244 e. The maximum atomic E-state index is 12.8. The number of ether oxygens (including phenoxy) is 1. The van der Waals surface area contributed by atoms with Gasteiger partial charge in [-0.15, -0.1) is 0 Å². The minimum atomic E-state index is -3.75. The van der Waals surface area contributed by atoms with Gasteiger partial charge in [0.25, 0.3) is 0 Å². The number of methoxy groups -OCH3 is 1. The molecular weight excluding hydrogens is 335 g/mol. The van der Waals surface area contributed by atoms with E-state index in [-0.39, 0.29) is 29.0 Å². The fraction of sp³-hybridized carbons (Fsp3) is 0.538. The second kappa shape index (κ2) is 7.76. The first-order valence-electron chi connectivity index (χ1n) is 6.44. The first-order valence-corrected chi connectivity index (χ1v) is 8.64. The predicted octanol–water partition coefficient (Wildman–Crippen LogP) is 2.50. The maximum absolute atomic E-state index is 12.8. The van der Waals surface area contributed by atoms with E-state index in [2.05, 4.69) is 0 Å². The summed E-state index contributed by atoms with van der Waals surface area (Å²) < 4.78 is 31.9. The van der Waals surface area contributed by atoms with Crippen LogP contribution in [0.2, 0.25) is 10.0 Å². The lowest BCUT2D eigenvalue weighted by Gasteiger charge is -2.26. The summed E-state index contributed by atoms with van der Waals surface area (Å²) in [5.74, 6) is 0. The normalized spacial score (nSPS) is 12.4. The molecule has 21 heavy (non-hydrogen) atoms. The standard InChI is InChI=1S/C13H20Cl2N2O3S/c1-9(2)17(4-5-20-3)21(18,19)13-6-10(8-16)11(14)7-12(13)15/h6-7,9H,4-5,8,16H2,1-3H3. The van der Waals surface area contributed by atoms with E-state index in [1.807, 2.05) is 0 Å². The number of hydrogen-bond acceptors (Lipinski definition) is 4. The van der Waals surface area contributed by atoms with Crippen LogP contribution in [0.5, 0.6) is 0 Å². The Kier molecular flexibility index (Phi) is 6.90. The number of nitrogens with two attached hydrogens (primary N) is 1. The van der Waals surface area contributed by atoms with Crippen molar-refractivity contribution in [3.8, 4) is 0 Å². The van der Waals surface area contributed by atoms with E-state index in [1.54, 1.807) is 13.8 Å². The molecule has 8 heteroatoms. The van der Waals surface area contributed by atoms with Crippen LogP contribution < -0.4 is 5.73 Å². The van der Waals surface area contributed by atoms with Crippen LogP contribution in [0.15, 0.2) is 17.0 Å². The van der Waals surface area contributed by atoms with Gasteiger partial charge in [0.1, 0.15) is 4.90 Å². The third-order valence-corrected chi connectivity index (χ3v) is 5.89. The van der Waals surface area contributed by atoms with Gasteiger partial charge in [0.05, 0.1) is 11.6 Å². The SMILES string of the molecule is COCCN(C(C)C)S(=O)(=O)c1cc(CN)c(Cl)cc1Cl. The third kappa shape index (κ3) is 4.31. The van der Waals surface area contributed by atoms with Gasteiger partial charge in [0, 0.05) is 31.3 Å². The molecule has 0 aliphatic heterocycles. The lowest BCUT2D eigenvalue weighted by Crippen LogP contribution is -2.39. The molecule has 5 nitrogen and oxygen atoms in total. The molecule has 0 radical (unpaired) electrons. The summed E-state index contributed by atoms with van der Waals surface area (Å²) in [6.07, 6.45) is 0. The number of nitrogens with zero attached hydrogens (tertiary/aromatic N) is 1. The van der Waals surface area contributed by atoms with E-state index in [1.165, 1.54) is 23.5 Å². The Morgan fingerprint density at radius 2 is 1.90 bits per heavy atom. The molecule has 0 saturated carbocycles. The second-order valence-electron chi connectivity index (χ2n) is 4.78. The molecule has 1 aromatic carbocycles. The summed E-state index contributed by atoms with van der Waals surface area (Å²) in [7, 11) is -2.22. The zero-order valence-electron chi connectivity index (χ0n) is 12.3. The monoisotopic (exact) mass is 354 g/mol. The van der Waals surface area contributed by atoms with Crippen molar-refractivity contribution >= 4 is 33.2 Å². The van der Waals surface area contributed by atoms with E-state index in [4.69, 9.17) is 33.7 Å². The van der Waals surface area contributed by atoms with Gasteiger partial charge in [-0.05, 0) is 31.5 Å². The Hall–Kier alpha value is -0.370. The molecule has 2 N–H and O–H groups in total. The van der Waals surface area contributed by atoms with Gasteiger partial charge in [-0.3, -0.25) is 0 Å². The van der Waals surface area contributed by atoms with Crippen LogP contribution in [0.25, 0.3) is 0 Å². The molecular formula is C13H20Cl2N2O3S. The molecule has 0 aliphatic rings. The van der Waals surface area contributed by atoms with Crippen LogP contribution in [0.4, 0.5) is 0 Å². The summed E-state index contributed by atoms with van der Waals surface area (Å²) in [6, 6.07) is 2.62. The Balaban J connectivity index is 3.34. The number of benzene rings is 1. The number of sulfonamides is 1. The lowest BCUT2D eigenvalue weighted by molar-refractivity contribution is 0.171. The van der Waals surface area contributed by atoms with Crippen molar-refractivity contribution in [2.24, 2.45) is 5.73 Å². The van der Waals surface area contributed by atoms with Gasteiger partial charge in [0.15, 0.2) is 0 Å². The van der Waals surface area contributed by atoms with Crippen LogP contribution in [-0.4, -0.2) is 39.0 Å². The van der Waals surface area contributed by atoms with Crippen molar-refractivity contribution in [2.75, 3.05) is 20.3 Å². The van der Waals surface area contributed by atoms with Crippen LogP contribution in [0, 0.1) is 0 Å². The van der Waals surface area contributed by atoms with E-state index in [9.17, 15) is 8.42 Å². The first kappa shape index (κ1) is 18.7. The summed E-state index contributed by atoms with van der Waals surface area (Å²) >= 11 is 12.0. The molecule has 0 bridgehead atoms. The average Bonchev–Trinajstić information content (AvgIpc) is 2.38. The molecule has 1 rings (SSSR count). The highest BCUT2D eigenvalue weighted by Crippen LogP contribution is 2.31. The van der Waals surface area contributed by atoms with Crippen molar-refractivity contribution in [3.63, 3.8) is 0 Å². The minimum Gasteiger partial charge on any atom is -0.383 e.